The zero-order valence-electron chi connectivity index (χ0n) is 13.8. The second-order valence-corrected chi connectivity index (χ2v) is 5.95. The number of aromatic hydroxyl groups is 1. The summed E-state index contributed by atoms with van der Waals surface area (Å²) in [5, 5.41) is 17.6. The number of amides is 1. The Morgan fingerprint density at radius 3 is 2.79 bits per heavy atom. The summed E-state index contributed by atoms with van der Waals surface area (Å²) in [5.41, 5.74) is 1.99. The summed E-state index contributed by atoms with van der Waals surface area (Å²) >= 11 is 0. The molecular formula is C16H21N5O3. The van der Waals surface area contributed by atoms with Gasteiger partial charge in [0, 0.05) is 13.1 Å². The lowest BCUT2D eigenvalue weighted by atomic mass is 10.1. The van der Waals surface area contributed by atoms with Crippen LogP contribution in [0.2, 0.25) is 0 Å². The summed E-state index contributed by atoms with van der Waals surface area (Å²) in [4.78, 5) is 18.2. The van der Waals surface area contributed by atoms with Crippen molar-refractivity contribution in [2.24, 2.45) is 7.05 Å². The maximum Gasteiger partial charge on any atom is 0.410 e. The van der Waals surface area contributed by atoms with E-state index in [9.17, 15) is 9.90 Å². The highest BCUT2D eigenvalue weighted by molar-refractivity contribution is 5.68. The first kappa shape index (κ1) is 16.2. The number of hydrogen-bond acceptors (Lipinski definition) is 6. The van der Waals surface area contributed by atoms with E-state index < -0.39 is 0 Å². The van der Waals surface area contributed by atoms with Gasteiger partial charge in [0.05, 0.1) is 31.2 Å². The van der Waals surface area contributed by atoms with Crippen LogP contribution in [-0.4, -0.2) is 49.2 Å². The first-order valence-electron chi connectivity index (χ1n) is 7.98. The van der Waals surface area contributed by atoms with Crippen molar-refractivity contribution in [1.82, 2.24) is 24.9 Å². The molecule has 128 valence electrons. The Labute approximate surface area is 140 Å². The minimum Gasteiger partial charge on any atom is -0.506 e. The largest absolute Gasteiger partial charge is 0.506 e. The highest BCUT2D eigenvalue weighted by Gasteiger charge is 2.29. The van der Waals surface area contributed by atoms with Crippen molar-refractivity contribution < 1.29 is 14.6 Å². The number of carbonyl (C=O) groups is 1. The predicted octanol–water partition coefficient (Wildman–Crippen LogP) is 2.09. The maximum absolute atomic E-state index is 12.2. The fraction of sp³-hybridized carbons (Fsp3) is 0.500. The minimum atomic E-state index is -0.340. The number of nitrogens with zero attached hydrogens (tertiary/aromatic N) is 5. The molecule has 0 radical (unpaired) electrons. The Morgan fingerprint density at radius 2 is 2.17 bits per heavy atom. The molecule has 3 rings (SSSR count). The van der Waals surface area contributed by atoms with Crippen LogP contribution in [0.4, 0.5) is 4.79 Å². The molecular weight excluding hydrogens is 310 g/mol. The van der Waals surface area contributed by atoms with Gasteiger partial charge in [0.15, 0.2) is 0 Å². The van der Waals surface area contributed by atoms with Gasteiger partial charge >= 0.3 is 6.09 Å². The Hall–Kier alpha value is -2.64. The van der Waals surface area contributed by atoms with Crippen LogP contribution in [0.25, 0.3) is 11.4 Å². The minimum absolute atomic E-state index is 0.0892. The standard InChI is InChI=1S/C16H21N5O3/c1-20-14(10-21(16(23)24-2)11-5-3-4-6-11)15(18-19-20)13-8-7-12(22)9-17-13/h7-9,11,22H,3-6,10H2,1-2H3. The topological polar surface area (TPSA) is 93.4 Å². The van der Waals surface area contributed by atoms with Crippen LogP contribution in [-0.2, 0) is 18.3 Å². The molecule has 1 amide bonds. The number of aromatic nitrogens is 4. The molecule has 1 aliphatic carbocycles. The molecule has 0 saturated heterocycles. The molecule has 0 aliphatic heterocycles. The van der Waals surface area contributed by atoms with Crippen molar-refractivity contribution in [2.75, 3.05) is 7.11 Å². The van der Waals surface area contributed by atoms with Gasteiger partial charge in [-0.05, 0) is 25.0 Å². The summed E-state index contributed by atoms with van der Waals surface area (Å²) < 4.78 is 6.61. The van der Waals surface area contributed by atoms with Crippen LogP contribution in [0.1, 0.15) is 31.4 Å². The van der Waals surface area contributed by atoms with Gasteiger partial charge in [0.1, 0.15) is 11.4 Å². The monoisotopic (exact) mass is 331 g/mol. The van der Waals surface area contributed by atoms with Crippen LogP contribution >= 0.6 is 0 Å². The van der Waals surface area contributed by atoms with E-state index in [1.54, 1.807) is 28.8 Å². The number of rotatable bonds is 4. The van der Waals surface area contributed by atoms with Gasteiger partial charge in [-0.15, -0.1) is 5.10 Å². The fourth-order valence-electron chi connectivity index (χ4n) is 3.12. The van der Waals surface area contributed by atoms with Crippen LogP contribution < -0.4 is 0 Å². The lowest BCUT2D eigenvalue weighted by molar-refractivity contribution is 0.101. The number of carbonyl (C=O) groups excluding carboxylic acids is 1. The predicted molar refractivity (Wildman–Crippen MR) is 86.1 cm³/mol. The van der Waals surface area contributed by atoms with Gasteiger partial charge in [-0.3, -0.25) is 9.88 Å². The first-order chi connectivity index (χ1) is 11.6. The van der Waals surface area contributed by atoms with E-state index in [0.29, 0.717) is 17.9 Å². The Bertz CT molecular complexity index is 707. The van der Waals surface area contributed by atoms with E-state index in [0.717, 1.165) is 31.4 Å². The van der Waals surface area contributed by atoms with Crippen molar-refractivity contribution in [3.05, 3.63) is 24.0 Å². The number of ether oxygens (including phenoxy) is 1. The molecule has 2 aromatic heterocycles. The van der Waals surface area contributed by atoms with E-state index in [1.807, 2.05) is 0 Å². The van der Waals surface area contributed by atoms with Gasteiger partial charge in [-0.1, -0.05) is 18.1 Å². The first-order valence-corrected chi connectivity index (χ1v) is 7.98. The average molecular weight is 331 g/mol. The zero-order valence-corrected chi connectivity index (χ0v) is 13.8. The summed E-state index contributed by atoms with van der Waals surface area (Å²) in [5.74, 6) is 0.0892. The number of aryl methyl sites for hydroxylation is 1. The summed E-state index contributed by atoms with van der Waals surface area (Å²) in [6.07, 6.45) is 5.22. The Balaban J connectivity index is 1.91. The molecule has 0 atom stereocenters. The molecule has 24 heavy (non-hydrogen) atoms. The van der Waals surface area contributed by atoms with Crippen LogP contribution in [0, 0.1) is 0 Å². The molecule has 8 heteroatoms. The lowest BCUT2D eigenvalue weighted by Gasteiger charge is -2.27. The van der Waals surface area contributed by atoms with E-state index in [1.165, 1.54) is 13.3 Å². The quantitative estimate of drug-likeness (QED) is 0.922. The number of methoxy groups -OCH3 is 1. The summed E-state index contributed by atoms with van der Waals surface area (Å²) in [7, 11) is 3.19. The second kappa shape index (κ2) is 6.86. The van der Waals surface area contributed by atoms with E-state index in [-0.39, 0.29) is 17.9 Å². The number of hydrogen-bond donors (Lipinski definition) is 1. The Kier molecular flexibility index (Phi) is 4.64. The molecule has 1 fully saturated rings. The van der Waals surface area contributed by atoms with Gasteiger partial charge in [-0.25, -0.2) is 9.48 Å². The Morgan fingerprint density at radius 1 is 1.42 bits per heavy atom. The molecule has 0 unspecified atom stereocenters. The van der Waals surface area contributed by atoms with E-state index in [4.69, 9.17) is 4.74 Å². The van der Waals surface area contributed by atoms with Gasteiger partial charge < -0.3 is 9.84 Å². The summed E-state index contributed by atoms with van der Waals surface area (Å²) in [6, 6.07) is 3.41. The SMILES string of the molecule is COC(=O)N(Cc1c(-c2ccc(O)cn2)nnn1C)C1CCCC1. The third-order valence-corrected chi connectivity index (χ3v) is 4.43. The van der Waals surface area contributed by atoms with Gasteiger partial charge in [-0.2, -0.15) is 0 Å². The van der Waals surface area contributed by atoms with Crippen LogP contribution in [0.3, 0.4) is 0 Å². The molecule has 1 aliphatic rings. The average Bonchev–Trinajstić information content (AvgIpc) is 3.23. The maximum atomic E-state index is 12.2. The molecule has 8 nitrogen and oxygen atoms in total. The third kappa shape index (κ3) is 3.17. The fourth-order valence-corrected chi connectivity index (χ4v) is 3.12. The molecule has 1 N–H and O–H groups in total. The van der Waals surface area contributed by atoms with Gasteiger partial charge in [0.25, 0.3) is 0 Å². The van der Waals surface area contributed by atoms with Crippen molar-refractivity contribution in [2.45, 2.75) is 38.3 Å². The molecule has 0 aromatic carbocycles. The summed E-state index contributed by atoms with van der Waals surface area (Å²) in [6.45, 7) is 0.360. The molecule has 0 bridgehead atoms. The lowest BCUT2D eigenvalue weighted by Crippen LogP contribution is -2.38. The van der Waals surface area contributed by atoms with Crippen molar-refractivity contribution >= 4 is 6.09 Å². The molecule has 0 spiro atoms. The molecule has 2 heterocycles. The smallest absolute Gasteiger partial charge is 0.410 e. The second-order valence-electron chi connectivity index (χ2n) is 5.95. The number of pyridine rings is 1. The van der Waals surface area contributed by atoms with Crippen LogP contribution in [0.15, 0.2) is 18.3 Å². The normalized spacial score (nSPS) is 14.8. The molecule has 1 saturated carbocycles. The van der Waals surface area contributed by atoms with Crippen molar-refractivity contribution in [3.63, 3.8) is 0 Å². The molecule has 2 aromatic rings. The van der Waals surface area contributed by atoms with Crippen molar-refractivity contribution in [1.29, 1.82) is 0 Å². The zero-order chi connectivity index (χ0) is 17.1. The van der Waals surface area contributed by atoms with E-state index >= 15 is 0 Å². The van der Waals surface area contributed by atoms with Gasteiger partial charge in [0.2, 0.25) is 0 Å². The van der Waals surface area contributed by atoms with E-state index in [2.05, 4.69) is 15.3 Å². The van der Waals surface area contributed by atoms with Crippen LogP contribution in [0.5, 0.6) is 5.75 Å². The highest BCUT2D eigenvalue weighted by atomic mass is 16.5. The third-order valence-electron chi connectivity index (χ3n) is 4.43. The van der Waals surface area contributed by atoms with Crippen molar-refractivity contribution in [3.8, 4) is 17.1 Å². The highest BCUT2D eigenvalue weighted by Crippen LogP contribution is 2.28.